The van der Waals surface area contributed by atoms with Crippen molar-refractivity contribution in [1.29, 1.82) is 0 Å². The second-order valence-corrected chi connectivity index (χ2v) is 8.10. The van der Waals surface area contributed by atoms with Crippen LogP contribution in [0.3, 0.4) is 0 Å². The van der Waals surface area contributed by atoms with Crippen molar-refractivity contribution in [3.05, 3.63) is 62.1 Å². The number of aromatic nitrogens is 2. The zero-order chi connectivity index (χ0) is 22.0. The van der Waals surface area contributed by atoms with Crippen LogP contribution in [0.5, 0.6) is 11.5 Å². The summed E-state index contributed by atoms with van der Waals surface area (Å²) in [4.78, 5) is 20.6. The molecule has 7 nitrogen and oxygen atoms in total. The number of methoxy groups -OCH3 is 2. The molecule has 31 heavy (non-hydrogen) atoms. The summed E-state index contributed by atoms with van der Waals surface area (Å²) in [7, 11) is 3.10. The van der Waals surface area contributed by atoms with Crippen molar-refractivity contribution < 1.29 is 14.2 Å². The van der Waals surface area contributed by atoms with Gasteiger partial charge in [0.25, 0.3) is 5.56 Å². The van der Waals surface area contributed by atoms with Crippen LogP contribution in [0.1, 0.15) is 11.4 Å². The highest BCUT2D eigenvalue weighted by Gasteiger charge is 2.19. The predicted octanol–water partition coefficient (Wildman–Crippen LogP) is 3.60. The average Bonchev–Trinajstić information content (AvgIpc) is 2.78. The van der Waals surface area contributed by atoms with Gasteiger partial charge in [-0.2, -0.15) is 0 Å². The van der Waals surface area contributed by atoms with Crippen LogP contribution in [-0.4, -0.2) is 55.0 Å². The molecule has 0 saturated carbocycles. The molecule has 9 heteroatoms. The summed E-state index contributed by atoms with van der Waals surface area (Å²) in [5, 5.41) is 1.38. The van der Waals surface area contributed by atoms with Gasteiger partial charge in [0.1, 0.15) is 5.82 Å². The van der Waals surface area contributed by atoms with Crippen LogP contribution >= 0.6 is 23.2 Å². The number of benzene rings is 2. The van der Waals surface area contributed by atoms with E-state index in [1.54, 1.807) is 35.9 Å². The van der Waals surface area contributed by atoms with Crippen LogP contribution in [0.2, 0.25) is 10.0 Å². The largest absolute Gasteiger partial charge is 0.493 e. The molecule has 0 atom stereocenters. The van der Waals surface area contributed by atoms with E-state index in [9.17, 15) is 4.79 Å². The number of halogens is 2. The Morgan fingerprint density at radius 2 is 1.71 bits per heavy atom. The van der Waals surface area contributed by atoms with E-state index in [1.165, 1.54) is 7.11 Å². The van der Waals surface area contributed by atoms with Gasteiger partial charge in [-0.15, -0.1) is 0 Å². The lowest BCUT2D eigenvalue weighted by Gasteiger charge is -2.27. The molecule has 1 aliphatic rings. The normalized spacial score (nSPS) is 14.7. The molecular formula is C22H23Cl2N3O4. The highest BCUT2D eigenvalue weighted by Crippen LogP contribution is 2.30. The monoisotopic (exact) mass is 463 g/mol. The van der Waals surface area contributed by atoms with E-state index >= 15 is 0 Å². The van der Waals surface area contributed by atoms with Gasteiger partial charge in [-0.25, -0.2) is 4.98 Å². The minimum absolute atomic E-state index is 0.153. The first kappa shape index (κ1) is 21.9. The molecule has 2 heterocycles. The van der Waals surface area contributed by atoms with Crippen molar-refractivity contribution in [3.8, 4) is 11.5 Å². The minimum Gasteiger partial charge on any atom is -0.493 e. The summed E-state index contributed by atoms with van der Waals surface area (Å²) in [6.07, 6.45) is 0. The Bertz CT molecular complexity index is 1160. The van der Waals surface area contributed by atoms with E-state index in [0.717, 1.165) is 18.7 Å². The zero-order valence-electron chi connectivity index (χ0n) is 17.4. The molecule has 0 unspecified atom stereocenters. The van der Waals surface area contributed by atoms with E-state index < -0.39 is 0 Å². The minimum atomic E-state index is -0.153. The maximum atomic E-state index is 13.5. The Balaban J connectivity index is 1.84. The van der Waals surface area contributed by atoms with E-state index in [0.29, 0.717) is 64.6 Å². The molecule has 0 spiro atoms. The van der Waals surface area contributed by atoms with Crippen LogP contribution < -0.4 is 15.0 Å². The van der Waals surface area contributed by atoms with E-state index in [1.807, 2.05) is 6.07 Å². The van der Waals surface area contributed by atoms with Gasteiger partial charge in [0, 0.05) is 19.2 Å². The number of ether oxygens (including phenoxy) is 3. The van der Waals surface area contributed by atoms with Crippen molar-refractivity contribution in [2.45, 2.75) is 13.1 Å². The first-order valence-corrected chi connectivity index (χ1v) is 10.6. The Labute approximate surface area is 190 Å². The summed E-state index contributed by atoms with van der Waals surface area (Å²) < 4.78 is 17.9. The van der Waals surface area contributed by atoms with Crippen molar-refractivity contribution in [2.75, 3.05) is 40.5 Å². The Hall–Kier alpha value is -2.32. The fourth-order valence-electron chi connectivity index (χ4n) is 3.66. The van der Waals surface area contributed by atoms with Gasteiger partial charge in [0.15, 0.2) is 11.5 Å². The number of hydrogen-bond donors (Lipinski definition) is 0. The first-order chi connectivity index (χ1) is 15.0. The lowest BCUT2D eigenvalue weighted by Crippen LogP contribution is -2.38. The third-order valence-electron chi connectivity index (χ3n) is 5.33. The van der Waals surface area contributed by atoms with Gasteiger partial charge in [-0.05, 0) is 23.8 Å². The standard InChI is InChI=1S/C22H23Cl2N3O4/c1-29-19-10-15-18(11-20(19)30-2)25-21(13-26-5-7-31-8-6-26)27(22(15)28)12-14-3-4-16(23)17(24)9-14/h3-4,9-11H,5-8,12-13H2,1-2H3. The molecule has 1 aliphatic heterocycles. The molecule has 2 aromatic carbocycles. The maximum Gasteiger partial charge on any atom is 0.261 e. The quantitative estimate of drug-likeness (QED) is 0.556. The summed E-state index contributed by atoms with van der Waals surface area (Å²) in [6, 6.07) is 8.77. The molecule has 1 saturated heterocycles. The summed E-state index contributed by atoms with van der Waals surface area (Å²) in [5.41, 5.74) is 1.28. The van der Waals surface area contributed by atoms with Crippen LogP contribution in [0.15, 0.2) is 35.1 Å². The SMILES string of the molecule is COc1cc2nc(CN3CCOCC3)n(Cc3ccc(Cl)c(Cl)c3)c(=O)c2cc1OC. The molecule has 164 valence electrons. The molecule has 1 aromatic heterocycles. The lowest BCUT2D eigenvalue weighted by atomic mass is 10.2. The van der Waals surface area contributed by atoms with Gasteiger partial charge in [-0.1, -0.05) is 29.3 Å². The van der Waals surface area contributed by atoms with Gasteiger partial charge in [-0.3, -0.25) is 14.3 Å². The average molecular weight is 464 g/mol. The fraction of sp³-hybridized carbons (Fsp3) is 0.364. The second-order valence-electron chi connectivity index (χ2n) is 7.28. The lowest BCUT2D eigenvalue weighted by molar-refractivity contribution is 0.0325. The fourth-order valence-corrected chi connectivity index (χ4v) is 3.98. The first-order valence-electron chi connectivity index (χ1n) is 9.89. The number of hydrogen-bond acceptors (Lipinski definition) is 6. The predicted molar refractivity (Wildman–Crippen MR) is 121 cm³/mol. The summed E-state index contributed by atoms with van der Waals surface area (Å²) >= 11 is 12.3. The molecule has 0 amide bonds. The number of nitrogens with zero attached hydrogens (tertiary/aromatic N) is 3. The van der Waals surface area contributed by atoms with Crippen molar-refractivity contribution >= 4 is 34.1 Å². The molecule has 0 aliphatic carbocycles. The maximum absolute atomic E-state index is 13.5. The van der Waals surface area contributed by atoms with Crippen LogP contribution in [0, 0.1) is 0 Å². The Kier molecular flexibility index (Phi) is 6.67. The van der Waals surface area contributed by atoms with E-state index in [4.69, 9.17) is 42.4 Å². The van der Waals surface area contributed by atoms with Crippen molar-refractivity contribution in [3.63, 3.8) is 0 Å². The van der Waals surface area contributed by atoms with E-state index in [2.05, 4.69) is 4.90 Å². The van der Waals surface area contributed by atoms with Crippen molar-refractivity contribution in [1.82, 2.24) is 14.5 Å². The van der Waals surface area contributed by atoms with Crippen LogP contribution in [0.25, 0.3) is 10.9 Å². The molecule has 0 bridgehead atoms. The molecule has 1 fully saturated rings. The van der Waals surface area contributed by atoms with Gasteiger partial charge in [0.05, 0.1) is 61.5 Å². The highest BCUT2D eigenvalue weighted by atomic mass is 35.5. The van der Waals surface area contributed by atoms with E-state index in [-0.39, 0.29) is 5.56 Å². The highest BCUT2D eigenvalue weighted by molar-refractivity contribution is 6.42. The summed E-state index contributed by atoms with van der Waals surface area (Å²) in [6.45, 7) is 3.75. The third kappa shape index (κ3) is 4.65. The van der Waals surface area contributed by atoms with Gasteiger partial charge in [0.2, 0.25) is 0 Å². The topological polar surface area (TPSA) is 65.8 Å². The Morgan fingerprint density at radius 3 is 2.39 bits per heavy atom. The molecule has 0 radical (unpaired) electrons. The molecular weight excluding hydrogens is 441 g/mol. The molecule has 4 rings (SSSR count). The van der Waals surface area contributed by atoms with Crippen LogP contribution in [-0.2, 0) is 17.8 Å². The molecule has 0 N–H and O–H groups in total. The number of morpholine rings is 1. The Morgan fingerprint density at radius 1 is 1.00 bits per heavy atom. The van der Waals surface area contributed by atoms with Gasteiger partial charge >= 0.3 is 0 Å². The molecule has 3 aromatic rings. The smallest absolute Gasteiger partial charge is 0.261 e. The zero-order valence-corrected chi connectivity index (χ0v) is 18.9. The third-order valence-corrected chi connectivity index (χ3v) is 6.07. The summed E-state index contributed by atoms with van der Waals surface area (Å²) in [5.74, 6) is 1.68. The van der Waals surface area contributed by atoms with Crippen molar-refractivity contribution in [2.24, 2.45) is 0 Å². The van der Waals surface area contributed by atoms with Gasteiger partial charge < -0.3 is 14.2 Å². The van der Waals surface area contributed by atoms with Crippen LogP contribution in [0.4, 0.5) is 0 Å². The number of fused-ring (bicyclic) bond motifs is 1. The second kappa shape index (κ2) is 9.44. The number of rotatable bonds is 6.